The summed E-state index contributed by atoms with van der Waals surface area (Å²) in [6.07, 6.45) is 0.149. The molecule has 1 aromatic rings. The van der Waals surface area contributed by atoms with Gasteiger partial charge in [-0.05, 0) is 18.6 Å². The van der Waals surface area contributed by atoms with Crippen LogP contribution in [-0.2, 0) is 4.79 Å². The Balaban J connectivity index is 2.80. The third-order valence-electron chi connectivity index (χ3n) is 1.94. The number of hydrogen-bond donors (Lipinski definition) is 1. The Kier molecular flexibility index (Phi) is 4.73. The standard InChI is InChI=1S/C11H12BrFO3/c1-2-3-10(11(14)15)16-9-5-7(12)4-8(13)6-9/h4-6,10H,2-3H2,1H3,(H,14,15). The molecule has 0 aromatic heterocycles. The van der Waals surface area contributed by atoms with Crippen molar-refractivity contribution >= 4 is 21.9 Å². The molecular formula is C11H12BrFO3. The van der Waals surface area contributed by atoms with E-state index in [4.69, 9.17) is 9.84 Å². The summed E-state index contributed by atoms with van der Waals surface area (Å²) in [7, 11) is 0. The summed E-state index contributed by atoms with van der Waals surface area (Å²) >= 11 is 3.11. The molecule has 0 aliphatic rings. The van der Waals surface area contributed by atoms with Crippen LogP contribution in [0.25, 0.3) is 0 Å². The van der Waals surface area contributed by atoms with Crippen LogP contribution in [0.5, 0.6) is 5.75 Å². The van der Waals surface area contributed by atoms with Crippen molar-refractivity contribution < 1.29 is 19.0 Å². The van der Waals surface area contributed by atoms with Crippen LogP contribution in [0.3, 0.4) is 0 Å². The number of benzene rings is 1. The Morgan fingerprint density at radius 1 is 1.56 bits per heavy atom. The zero-order valence-corrected chi connectivity index (χ0v) is 10.3. The van der Waals surface area contributed by atoms with Crippen LogP contribution in [0, 0.1) is 5.82 Å². The summed E-state index contributed by atoms with van der Waals surface area (Å²) in [6.45, 7) is 1.86. The minimum Gasteiger partial charge on any atom is -0.479 e. The maximum absolute atomic E-state index is 13.0. The quantitative estimate of drug-likeness (QED) is 0.906. The van der Waals surface area contributed by atoms with Gasteiger partial charge < -0.3 is 9.84 Å². The number of carboxylic acid groups (broad SMARTS) is 1. The van der Waals surface area contributed by atoms with Crippen LogP contribution < -0.4 is 4.74 Å². The minimum absolute atomic E-state index is 0.215. The Morgan fingerprint density at radius 3 is 2.75 bits per heavy atom. The summed E-state index contributed by atoms with van der Waals surface area (Å²) in [5, 5.41) is 8.87. The largest absolute Gasteiger partial charge is 0.479 e. The van der Waals surface area contributed by atoms with E-state index in [1.165, 1.54) is 12.1 Å². The van der Waals surface area contributed by atoms with Crippen LogP contribution >= 0.6 is 15.9 Å². The highest BCUT2D eigenvalue weighted by atomic mass is 79.9. The van der Waals surface area contributed by atoms with Crippen LogP contribution in [0.1, 0.15) is 19.8 Å². The van der Waals surface area contributed by atoms with E-state index in [1.54, 1.807) is 0 Å². The van der Waals surface area contributed by atoms with Gasteiger partial charge >= 0.3 is 5.97 Å². The Morgan fingerprint density at radius 2 is 2.25 bits per heavy atom. The highest BCUT2D eigenvalue weighted by Gasteiger charge is 2.18. The van der Waals surface area contributed by atoms with Gasteiger partial charge in [-0.15, -0.1) is 0 Å². The molecule has 5 heteroatoms. The van der Waals surface area contributed by atoms with E-state index in [0.29, 0.717) is 17.3 Å². The molecule has 1 atom stereocenters. The molecule has 3 nitrogen and oxygen atoms in total. The molecule has 0 fully saturated rings. The highest BCUT2D eigenvalue weighted by molar-refractivity contribution is 9.10. The maximum Gasteiger partial charge on any atom is 0.344 e. The fraction of sp³-hybridized carbons (Fsp3) is 0.364. The van der Waals surface area contributed by atoms with Gasteiger partial charge in [-0.2, -0.15) is 0 Å². The Bertz CT molecular complexity index is 361. The zero-order chi connectivity index (χ0) is 12.1. The van der Waals surface area contributed by atoms with Gasteiger partial charge in [0.05, 0.1) is 0 Å². The molecule has 0 heterocycles. The summed E-state index contributed by atoms with van der Waals surface area (Å²) in [4.78, 5) is 10.8. The first-order chi connectivity index (χ1) is 7.52. The number of ether oxygens (including phenoxy) is 1. The van der Waals surface area contributed by atoms with E-state index in [2.05, 4.69) is 15.9 Å². The lowest BCUT2D eigenvalue weighted by molar-refractivity contribution is -0.145. The van der Waals surface area contributed by atoms with Crippen molar-refractivity contribution in [2.75, 3.05) is 0 Å². The summed E-state index contributed by atoms with van der Waals surface area (Å²) in [5.41, 5.74) is 0. The molecule has 0 aliphatic carbocycles. The molecule has 16 heavy (non-hydrogen) atoms. The maximum atomic E-state index is 13.0. The molecule has 1 unspecified atom stereocenters. The van der Waals surface area contributed by atoms with Gasteiger partial charge in [0, 0.05) is 10.5 Å². The minimum atomic E-state index is -1.04. The molecule has 1 N–H and O–H groups in total. The molecule has 0 amide bonds. The highest BCUT2D eigenvalue weighted by Crippen LogP contribution is 2.22. The predicted octanol–water partition coefficient (Wildman–Crippen LogP) is 3.22. The molecule has 0 saturated carbocycles. The Hall–Kier alpha value is -1.10. The Labute approximate surface area is 101 Å². The van der Waals surface area contributed by atoms with E-state index in [0.717, 1.165) is 6.07 Å². The first-order valence-electron chi connectivity index (χ1n) is 4.88. The van der Waals surface area contributed by atoms with Crippen molar-refractivity contribution in [2.24, 2.45) is 0 Å². The number of aliphatic carboxylic acids is 1. The molecule has 1 aromatic carbocycles. The first kappa shape index (κ1) is 13.0. The van der Waals surface area contributed by atoms with Gasteiger partial charge in [-0.3, -0.25) is 0 Å². The molecule has 0 saturated heterocycles. The second-order valence-corrected chi connectivity index (χ2v) is 4.25. The van der Waals surface area contributed by atoms with Gasteiger partial charge in [0.1, 0.15) is 11.6 Å². The van der Waals surface area contributed by atoms with E-state index < -0.39 is 17.9 Å². The van der Waals surface area contributed by atoms with E-state index in [-0.39, 0.29) is 5.75 Å². The monoisotopic (exact) mass is 290 g/mol. The normalized spacial score (nSPS) is 12.2. The van der Waals surface area contributed by atoms with Gasteiger partial charge in [-0.25, -0.2) is 9.18 Å². The summed E-state index contributed by atoms with van der Waals surface area (Å²) in [6, 6.07) is 3.98. The second-order valence-electron chi connectivity index (χ2n) is 3.34. The molecule has 0 spiro atoms. The lowest BCUT2D eigenvalue weighted by atomic mass is 10.2. The number of rotatable bonds is 5. The first-order valence-corrected chi connectivity index (χ1v) is 5.67. The molecule has 0 bridgehead atoms. The lowest BCUT2D eigenvalue weighted by Crippen LogP contribution is -2.26. The van der Waals surface area contributed by atoms with Gasteiger partial charge in [0.2, 0.25) is 0 Å². The number of hydrogen-bond acceptors (Lipinski definition) is 2. The zero-order valence-electron chi connectivity index (χ0n) is 8.74. The fourth-order valence-electron chi connectivity index (χ4n) is 1.26. The number of halogens is 2. The lowest BCUT2D eigenvalue weighted by Gasteiger charge is -2.14. The van der Waals surface area contributed by atoms with Gasteiger partial charge in [0.15, 0.2) is 6.10 Å². The predicted molar refractivity (Wildman–Crippen MR) is 61.1 cm³/mol. The topological polar surface area (TPSA) is 46.5 Å². The summed E-state index contributed by atoms with van der Waals surface area (Å²) < 4.78 is 18.7. The van der Waals surface area contributed by atoms with E-state index >= 15 is 0 Å². The van der Waals surface area contributed by atoms with Crippen LogP contribution in [0.15, 0.2) is 22.7 Å². The third kappa shape index (κ3) is 3.81. The van der Waals surface area contributed by atoms with E-state index in [1.807, 2.05) is 6.92 Å². The molecule has 1 rings (SSSR count). The van der Waals surface area contributed by atoms with Crippen molar-refractivity contribution in [3.63, 3.8) is 0 Å². The molecule has 0 aliphatic heterocycles. The van der Waals surface area contributed by atoms with Gasteiger partial charge in [0.25, 0.3) is 0 Å². The molecular weight excluding hydrogens is 279 g/mol. The summed E-state index contributed by atoms with van der Waals surface area (Å²) in [5.74, 6) is -1.29. The van der Waals surface area contributed by atoms with Crippen LogP contribution in [0.2, 0.25) is 0 Å². The average Bonchev–Trinajstić information content (AvgIpc) is 2.15. The smallest absolute Gasteiger partial charge is 0.344 e. The van der Waals surface area contributed by atoms with Crippen molar-refractivity contribution in [3.8, 4) is 5.75 Å². The van der Waals surface area contributed by atoms with Crippen molar-refractivity contribution in [3.05, 3.63) is 28.5 Å². The molecule has 0 radical (unpaired) electrons. The second kappa shape index (κ2) is 5.84. The number of carbonyl (C=O) groups is 1. The van der Waals surface area contributed by atoms with Crippen LogP contribution in [-0.4, -0.2) is 17.2 Å². The van der Waals surface area contributed by atoms with Crippen molar-refractivity contribution in [2.45, 2.75) is 25.9 Å². The van der Waals surface area contributed by atoms with E-state index in [9.17, 15) is 9.18 Å². The van der Waals surface area contributed by atoms with Gasteiger partial charge in [-0.1, -0.05) is 29.3 Å². The van der Waals surface area contributed by atoms with Crippen molar-refractivity contribution in [1.82, 2.24) is 0 Å². The third-order valence-corrected chi connectivity index (χ3v) is 2.40. The van der Waals surface area contributed by atoms with Crippen molar-refractivity contribution in [1.29, 1.82) is 0 Å². The SMILES string of the molecule is CCCC(Oc1cc(F)cc(Br)c1)C(=O)O. The molecule has 88 valence electrons. The average molecular weight is 291 g/mol. The van der Waals surface area contributed by atoms with Crippen LogP contribution in [0.4, 0.5) is 4.39 Å². The number of carboxylic acids is 1. The fourth-order valence-corrected chi connectivity index (χ4v) is 1.70.